The van der Waals surface area contributed by atoms with Crippen molar-refractivity contribution in [3.8, 4) is 0 Å². The van der Waals surface area contributed by atoms with Gasteiger partial charge in [-0.05, 0) is 27.2 Å². The molecule has 2 atom stereocenters. The number of carbonyl (C=O) groups is 1. The van der Waals surface area contributed by atoms with Crippen molar-refractivity contribution in [2.75, 3.05) is 13.1 Å². The molecule has 19 heavy (non-hydrogen) atoms. The lowest BCUT2D eigenvalue weighted by Gasteiger charge is -2.34. The van der Waals surface area contributed by atoms with Gasteiger partial charge in [-0.25, -0.2) is 0 Å². The van der Waals surface area contributed by atoms with Gasteiger partial charge < -0.3 is 15.7 Å². The summed E-state index contributed by atoms with van der Waals surface area (Å²) in [4.78, 5) is 14.2. The van der Waals surface area contributed by atoms with Crippen molar-refractivity contribution in [3.63, 3.8) is 0 Å². The van der Waals surface area contributed by atoms with Crippen LogP contribution in [-0.2, 0) is 6.54 Å². The second-order valence-corrected chi connectivity index (χ2v) is 5.13. The summed E-state index contributed by atoms with van der Waals surface area (Å²) in [5, 5.41) is 14.2. The number of amides is 1. The number of aliphatic hydroxyl groups is 1. The van der Waals surface area contributed by atoms with Gasteiger partial charge in [0.05, 0.1) is 17.4 Å². The minimum Gasteiger partial charge on any atom is -0.390 e. The first kappa shape index (κ1) is 14.0. The van der Waals surface area contributed by atoms with E-state index in [1.54, 1.807) is 4.90 Å². The molecule has 1 saturated heterocycles. The van der Waals surface area contributed by atoms with Crippen molar-refractivity contribution in [3.05, 3.63) is 17.0 Å². The molecule has 0 aromatic carbocycles. The zero-order chi connectivity index (χ0) is 14.2. The van der Waals surface area contributed by atoms with Gasteiger partial charge in [0, 0.05) is 31.4 Å². The minimum atomic E-state index is -0.639. The molecule has 0 bridgehead atoms. The third-order valence-electron chi connectivity index (χ3n) is 3.82. The van der Waals surface area contributed by atoms with E-state index in [0.29, 0.717) is 25.1 Å². The molecule has 1 aromatic rings. The van der Waals surface area contributed by atoms with Gasteiger partial charge in [-0.15, -0.1) is 0 Å². The zero-order valence-electron chi connectivity index (χ0n) is 11.8. The van der Waals surface area contributed by atoms with Gasteiger partial charge in [0.2, 0.25) is 0 Å². The number of aliphatic hydroxyl groups excluding tert-OH is 1. The van der Waals surface area contributed by atoms with Crippen molar-refractivity contribution >= 4 is 5.91 Å². The van der Waals surface area contributed by atoms with Gasteiger partial charge in [-0.3, -0.25) is 9.48 Å². The Morgan fingerprint density at radius 2 is 2.21 bits per heavy atom. The predicted molar refractivity (Wildman–Crippen MR) is 71.9 cm³/mol. The number of aryl methyl sites for hydroxylation is 2. The average Bonchev–Trinajstić information content (AvgIpc) is 2.67. The Morgan fingerprint density at radius 3 is 2.74 bits per heavy atom. The average molecular weight is 266 g/mol. The number of aromatic nitrogens is 2. The van der Waals surface area contributed by atoms with Crippen molar-refractivity contribution in [2.24, 2.45) is 5.73 Å². The Kier molecular flexibility index (Phi) is 3.91. The number of carbonyl (C=O) groups excluding carboxylic acids is 1. The van der Waals surface area contributed by atoms with Crippen LogP contribution >= 0.6 is 0 Å². The van der Waals surface area contributed by atoms with Crippen molar-refractivity contribution in [2.45, 2.75) is 45.9 Å². The smallest absolute Gasteiger partial charge is 0.257 e. The predicted octanol–water partition coefficient (Wildman–Crippen LogP) is 0.0539. The van der Waals surface area contributed by atoms with Crippen LogP contribution in [0.3, 0.4) is 0 Å². The second-order valence-electron chi connectivity index (χ2n) is 5.13. The molecule has 3 N–H and O–H groups in total. The third kappa shape index (κ3) is 2.50. The van der Waals surface area contributed by atoms with E-state index in [9.17, 15) is 9.90 Å². The van der Waals surface area contributed by atoms with Crippen molar-refractivity contribution in [1.29, 1.82) is 0 Å². The van der Waals surface area contributed by atoms with E-state index in [-0.39, 0.29) is 11.9 Å². The summed E-state index contributed by atoms with van der Waals surface area (Å²) in [6.07, 6.45) is -0.00746. The molecule has 2 rings (SSSR count). The molecule has 0 aliphatic carbocycles. The van der Waals surface area contributed by atoms with Crippen LogP contribution in [0.4, 0.5) is 0 Å². The van der Waals surface area contributed by atoms with E-state index < -0.39 is 6.10 Å². The lowest BCUT2D eigenvalue weighted by molar-refractivity contribution is 0.0394. The van der Waals surface area contributed by atoms with E-state index in [1.165, 1.54) is 0 Å². The van der Waals surface area contributed by atoms with Gasteiger partial charge in [-0.1, -0.05) is 0 Å². The number of rotatable bonds is 2. The Morgan fingerprint density at radius 1 is 1.53 bits per heavy atom. The van der Waals surface area contributed by atoms with Gasteiger partial charge in [0.15, 0.2) is 0 Å². The molecule has 0 saturated carbocycles. The second kappa shape index (κ2) is 5.30. The summed E-state index contributed by atoms with van der Waals surface area (Å²) >= 11 is 0. The van der Waals surface area contributed by atoms with Gasteiger partial charge in [0.25, 0.3) is 5.91 Å². The molecule has 0 spiro atoms. The summed E-state index contributed by atoms with van der Waals surface area (Å²) in [7, 11) is 0. The van der Waals surface area contributed by atoms with E-state index in [1.807, 2.05) is 25.5 Å². The summed E-state index contributed by atoms with van der Waals surface area (Å²) in [6.45, 7) is 7.38. The SMILES string of the molecule is CCn1nc(C)c(C(=O)N2CC[C@@H](N)[C@H](O)C2)c1C. The molecule has 106 valence electrons. The lowest BCUT2D eigenvalue weighted by atomic mass is 10.0. The number of nitrogens with zero attached hydrogens (tertiary/aromatic N) is 3. The largest absolute Gasteiger partial charge is 0.390 e. The molecule has 6 nitrogen and oxygen atoms in total. The maximum atomic E-state index is 12.5. The van der Waals surface area contributed by atoms with E-state index in [2.05, 4.69) is 5.10 Å². The van der Waals surface area contributed by atoms with E-state index in [4.69, 9.17) is 5.73 Å². The number of piperidine rings is 1. The molecule has 6 heteroatoms. The first-order valence-electron chi connectivity index (χ1n) is 6.72. The molecule has 1 fully saturated rings. The molecule has 1 aliphatic heterocycles. The Labute approximate surface area is 113 Å². The number of likely N-dealkylation sites (tertiary alicyclic amines) is 1. The van der Waals surface area contributed by atoms with Gasteiger partial charge >= 0.3 is 0 Å². The maximum Gasteiger partial charge on any atom is 0.257 e. The van der Waals surface area contributed by atoms with E-state index >= 15 is 0 Å². The fraction of sp³-hybridized carbons (Fsp3) is 0.692. The molecule has 0 radical (unpaired) electrons. The molecule has 0 unspecified atom stereocenters. The molecule has 1 amide bonds. The normalized spacial score (nSPS) is 23.7. The Bertz CT molecular complexity index is 483. The van der Waals surface area contributed by atoms with E-state index in [0.717, 1.165) is 17.9 Å². The van der Waals surface area contributed by atoms with Crippen molar-refractivity contribution < 1.29 is 9.90 Å². The molecule has 1 aliphatic rings. The molecular formula is C13H22N4O2. The van der Waals surface area contributed by atoms with Gasteiger partial charge in [0.1, 0.15) is 0 Å². The summed E-state index contributed by atoms with van der Waals surface area (Å²) in [5.74, 6) is -0.0550. The topological polar surface area (TPSA) is 84.4 Å². The van der Waals surface area contributed by atoms with Crippen molar-refractivity contribution in [1.82, 2.24) is 14.7 Å². The van der Waals surface area contributed by atoms with Crippen LogP contribution in [0.15, 0.2) is 0 Å². The van der Waals surface area contributed by atoms with Crippen LogP contribution in [0.25, 0.3) is 0 Å². The lowest BCUT2D eigenvalue weighted by Crippen LogP contribution is -2.52. The van der Waals surface area contributed by atoms with Crippen LogP contribution < -0.4 is 5.73 Å². The molecule has 2 heterocycles. The minimum absolute atomic E-state index is 0.0550. The highest BCUT2D eigenvalue weighted by Crippen LogP contribution is 2.18. The van der Waals surface area contributed by atoms with Crippen LogP contribution in [-0.4, -0.2) is 50.9 Å². The highest BCUT2D eigenvalue weighted by molar-refractivity contribution is 5.96. The summed E-state index contributed by atoms with van der Waals surface area (Å²) < 4.78 is 1.83. The highest BCUT2D eigenvalue weighted by atomic mass is 16.3. The van der Waals surface area contributed by atoms with Crippen LogP contribution in [0.5, 0.6) is 0 Å². The fourth-order valence-electron chi connectivity index (χ4n) is 2.61. The number of hydrogen-bond acceptors (Lipinski definition) is 4. The zero-order valence-corrected chi connectivity index (χ0v) is 11.8. The van der Waals surface area contributed by atoms with Gasteiger partial charge in [-0.2, -0.15) is 5.10 Å². The van der Waals surface area contributed by atoms with Crippen LogP contribution in [0.2, 0.25) is 0 Å². The monoisotopic (exact) mass is 266 g/mol. The fourth-order valence-corrected chi connectivity index (χ4v) is 2.61. The number of hydrogen-bond donors (Lipinski definition) is 2. The first-order valence-corrected chi connectivity index (χ1v) is 6.72. The highest BCUT2D eigenvalue weighted by Gasteiger charge is 2.30. The number of β-amino-alcohol motifs (C(OH)–C–C–N with tert-alkyl or cyclic N) is 1. The number of nitrogens with two attached hydrogens (primary N) is 1. The first-order chi connectivity index (χ1) is 8.95. The Balaban J connectivity index is 2.23. The standard InChI is InChI=1S/C13H22N4O2/c1-4-17-9(3)12(8(2)15-17)13(19)16-6-5-10(14)11(18)7-16/h10-11,18H,4-7,14H2,1-3H3/t10-,11-/m1/s1. The third-order valence-corrected chi connectivity index (χ3v) is 3.82. The summed E-state index contributed by atoms with van der Waals surface area (Å²) in [5.41, 5.74) is 8.05. The molecule has 1 aromatic heterocycles. The molecular weight excluding hydrogens is 244 g/mol. The Hall–Kier alpha value is -1.40. The summed E-state index contributed by atoms with van der Waals surface area (Å²) in [6, 6.07) is -0.232. The quantitative estimate of drug-likeness (QED) is 0.792. The van der Waals surface area contributed by atoms with Crippen LogP contribution in [0.1, 0.15) is 35.1 Å². The maximum absolute atomic E-state index is 12.5. The van der Waals surface area contributed by atoms with Crippen LogP contribution in [0, 0.1) is 13.8 Å².